The standard InChI is InChI=1S/C13H21N3O2S.2ClH/c1-2-12-16-9(8-19-12)5-6-15-13(17)11-4-3-10(7-14)18-11;;/h8,10-11H,2-7,14H2,1H3,(H,15,17);2*1H/t10-,11+;;/m1../s1. The van der Waals surface area contributed by atoms with Crippen molar-refractivity contribution in [2.24, 2.45) is 5.73 Å². The van der Waals surface area contributed by atoms with E-state index in [0.29, 0.717) is 13.1 Å². The zero-order valence-electron chi connectivity index (χ0n) is 12.0. The number of aromatic nitrogens is 1. The van der Waals surface area contributed by atoms with E-state index in [2.05, 4.69) is 22.6 Å². The Morgan fingerprint density at radius 2 is 2.29 bits per heavy atom. The number of amides is 1. The fourth-order valence-corrected chi connectivity index (χ4v) is 2.90. The summed E-state index contributed by atoms with van der Waals surface area (Å²) in [5, 5.41) is 6.11. The van der Waals surface area contributed by atoms with Crippen LogP contribution < -0.4 is 11.1 Å². The minimum atomic E-state index is -0.324. The number of ether oxygens (including phenoxy) is 1. The maximum Gasteiger partial charge on any atom is 0.249 e. The third-order valence-electron chi connectivity index (χ3n) is 3.25. The van der Waals surface area contributed by atoms with E-state index in [1.807, 2.05) is 0 Å². The summed E-state index contributed by atoms with van der Waals surface area (Å²) in [6, 6.07) is 0. The second kappa shape index (κ2) is 10.3. The summed E-state index contributed by atoms with van der Waals surface area (Å²) in [5.41, 5.74) is 6.57. The van der Waals surface area contributed by atoms with Gasteiger partial charge >= 0.3 is 0 Å². The van der Waals surface area contributed by atoms with E-state index >= 15 is 0 Å². The maximum atomic E-state index is 11.9. The van der Waals surface area contributed by atoms with Crippen LogP contribution >= 0.6 is 36.2 Å². The monoisotopic (exact) mass is 355 g/mol. The molecule has 0 aromatic carbocycles. The number of rotatable bonds is 6. The molecule has 1 aromatic heterocycles. The summed E-state index contributed by atoms with van der Waals surface area (Å²) in [5.74, 6) is -0.0260. The van der Waals surface area contributed by atoms with Gasteiger partial charge in [0.05, 0.1) is 16.8 Å². The van der Waals surface area contributed by atoms with E-state index in [-0.39, 0.29) is 42.9 Å². The van der Waals surface area contributed by atoms with Gasteiger partial charge in [0.1, 0.15) is 6.10 Å². The van der Waals surface area contributed by atoms with E-state index in [0.717, 1.165) is 36.4 Å². The summed E-state index contributed by atoms with van der Waals surface area (Å²) in [4.78, 5) is 16.3. The van der Waals surface area contributed by atoms with Crippen LogP contribution in [0, 0.1) is 0 Å². The Morgan fingerprint density at radius 3 is 2.86 bits per heavy atom. The van der Waals surface area contributed by atoms with Crippen LogP contribution in [0.2, 0.25) is 0 Å². The molecule has 0 bridgehead atoms. The van der Waals surface area contributed by atoms with Crippen LogP contribution in [-0.4, -0.2) is 36.2 Å². The van der Waals surface area contributed by atoms with Crippen LogP contribution in [0.15, 0.2) is 5.38 Å². The second-order valence-electron chi connectivity index (χ2n) is 4.69. The fraction of sp³-hybridized carbons (Fsp3) is 0.692. The van der Waals surface area contributed by atoms with Gasteiger partial charge in [0.2, 0.25) is 5.91 Å². The Kier molecular flexibility index (Phi) is 10.1. The van der Waals surface area contributed by atoms with Crippen molar-refractivity contribution < 1.29 is 9.53 Å². The molecule has 0 radical (unpaired) electrons. The summed E-state index contributed by atoms with van der Waals surface area (Å²) in [7, 11) is 0. The summed E-state index contributed by atoms with van der Waals surface area (Å²) < 4.78 is 5.55. The average molecular weight is 356 g/mol. The van der Waals surface area contributed by atoms with Crippen molar-refractivity contribution in [2.45, 2.75) is 44.8 Å². The molecule has 2 heterocycles. The van der Waals surface area contributed by atoms with Crippen LogP contribution in [0.4, 0.5) is 0 Å². The van der Waals surface area contributed by atoms with Gasteiger partial charge < -0.3 is 15.8 Å². The molecule has 0 saturated carbocycles. The molecular formula is C13H23Cl2N3O2S. The van der Waals surface area contributed by atoms with Crippen molar-refractivity contribution in [2.75, 3.05) is 13.1 Å². The highest BCUT2D eigenvalue weighted by molar-refractivity contribution is 7.09. The molecule has 2 atom stereocenters. The first-order valence-electron chi connectivity index (χ1n) is 6.79. The van der Waals surface area contributed by atoms with E-state index in [1.165, 1.54) is 0 Å². The number of halogens is 2. The largest absolute Gasteiger partial charge is 0.364 e. The zero-order valence-corrected chi connectivity index (χ0v) is 14.5. The molecule has 1 aliphatic heterocycles. The summed E-state index contributed by atoms with van der Waals surface area (Å²) in [6.45, 7) is 3.19. The number of hydrogen-bond donors (Lipinski definition) is 2. The molecule has 0 aliphatic carbocycles. The lowest BCUT2D eigenvalue weighted by Gasteiger charge is -2.12. The van der Waals surface area contributed by atoms with E-state index in [1.54, 1.807) is 11.3 Å². The molecule has 8 heteroatoms. The first kappa shape index (κ1) is 20.6. The molecule has 3 N–H and O–H groups in total. The van der Waals surface area contributed by atoms with Gasteiger partial charge in [-0.25, -0.2) is 4.98 Å². The lowest BCUT2D eigenvalue weighted by Crippen LogP contribution is -2.36. The highest BCUT2D eigenvalue weighted by Gasteiger charge is 2.29. The van der Waals surface area contributed by atoms with Gasteiger partial charge in [-0.3, -0.25) is 4.79 Å². The van der Waals surface area contributed by atoms with Crippen LogP contribution in [0.1, 0.15) is 30.5 Å². The Morgan fingerprint density at radius 1 is 1.52 bits per heavy atom. The first-order chi connectivity index (χ1) is 9.22. The molecule has 5 nitrogen and oxygen atoms in total. The average Bonchev–Trinajstić information content (AvgIpc) is 3.07. The number of carbonyl (C=O) groups excluding carboxylic acids is 1. The second-order valence-corrected chi connectivity index (χ2v) is 5.63. The summed E-state index contributed by atoms with van der Waals surface area (Å²) in [6.07, 6.45) is 3.10. The minimum Gasteiger partial charge on any atom is -0.364 e. The third-order valence-corrected chi connectivity index (χ3v) is 4.29. The van der Waals surface area contributed by atoms with Crippen LogP contribution in [-0.2, 0) is 22.4 Å². The molecular weight excluding hydrogens is 333 g/mol. The van der Waals surface area contributed by atoms with Gasteiger partial charge in [0, 0.05) is 24.9 Å². The number of thiazole rings is 1. The van der Waals surface area contributed by atoms with Gasteiger partial charge in [0.15, 0.2) is 0 Å². The van der Waals surface area contributed by atoms with Gasteiger partial charge in [0.25, 0.3) is 0 Å². The van der Waals surface area contributed by atoms with Crippen LogP contribution in [0.25, 0.3) is 0 Å². The topological polar surface area (TPSA) is 77.2 Å². The number of nitrogens with two attached hydrogens (primary N) is 1. The smallest absolute Gasteiger partial charge is 0.249 e. The number of nitrogens with zero attached hydrogens (tertiary/aromatic N) is 1. The molecule has 0 spiro atoms. The van der Waals surface area contributed by atoms with Crippen molar-refractivity contribution in [3.05, 3.63) is 16.1 Å². The van der Waals surface area contributed by atoms with Gasteiger partial charge in [-0.15, -0.1) is 36.2 Å². The molecule has 1 saturated heterocycles. The van der Waals surface area contributed by atoms with Gasteiger partial charge in [-0.2, -0.15) is 0 Å². The van der Waals surface area contributed by atoms with Crippen LogP contribution in [0.5, 0.6) is 0 Å². The Hall–Kier alpha value is -0.400. The molecule has 21 heavy (non-hydrogen) atoms. The number of hydrogen-bond acceptors (Lipinski definition) is 5. The van der Waals surface area contributed by atoms with E-state index in [9.17, 15) is 4.79 Å². The molecule has 1 amide bonds. The highest BCUT2D eigenvalue weighted by Crippen LogP contribution is 2.18. The maximum absolute atomic E-state index is 11.9. The van der Waals surface area contributed by atoms with E-state index < -0.39 is 0 Å². The SMILES string of the molecule is CCc1nc(CCNC(=O)[C@@H]2CC[C@H](CN)O2)cs1.Cl.Cl. The Balaban J connectivity index is 0.00000200. The predicted molar refractivity (Wildman–Crippen MR) is 89.7 cm³/mol. The lowest BCUT2D eigenvalue weighted by atomic mass is 10.2. The van der Waals surface area contributed by atoms with Crippen molar-refractivity contribution in [3.63, 3.8) is 0 Å². The lowest BCUT2D eigenvalue weighted by molar-refractivity contribution is -0.131. The highest BCUT2D eigenvalue weighted by atomic mass is 35.5. The Labute approximate surface area is 141 Å². The number of aryl methyl sites for hydroxylation is 1. The van der Waals surface area contributed by atoms with Gasteiger partial charge in [-0.1, -0.05) is 6.92 Å². The zero-order chi connectivity index (χ0) is 13.7. The van der Waals surface area contributed by atoms with Crippen molar-refractivity contribution in [1.82, 2.24) is 10.3 Å². The minimum absolute atomic E-state index is 0. The normalized spacial score (nSPS) is 20.5. The Bertz CT molecular complexity index is 431. The molecule has 1 aromatic rings. The third kappa shape index (κ3) is 6.08. The summed E-state index contributed by atoms with van der Waals surface area (Å²) >= 11 is 1.67. The van der Waals surface area contributed by atoms with E-state index in [4.69, 9.17) is 10.5 Å². The predicted octanol–water partition coefficient (Wildman–Crippen LogP) is 1.71. The molecule has 0 unspecified atom stereocenters. The fourth-order valence-electron chi connectivity index (χ4n) is 2.13. The number of carbonyl (C=O) groups is 1. The van der Waals surface area contributed by atoms with Crippen molar-refractivity contribution in [1.29, 1.82) is 0 Å². The molecule has 2 rings (SSSR count). The van der Waals surface area contributed by atoms with Crippen molar-refractivity contribution in [3.8, 4) is 0 Å². The van der Waals surface area contributed by atoms with Gasteiger partial charge in [-0.05, 0) is 19.3 Å². The number of nitrogens with one attached hydrogen (secondary N) is 1. The molecule has 1 fully saturated rings. The van der Waals surface area contributed by atoms with Crippen LogP contribution in [0.3, 0.4) is 0 Å². The quantitative estimate of drug-likeness (QED) is 0.814. The first-order valence-corrected chi connectivity index (χ1v) is 7.67. The molecule has 1 aliphatic rings. The van der Waals surface area contributed by atoms with Crippen molar-refractivity contribution >= 4 is 42.1 Å². The molecule has 122 valence electrons.